The van der Waals surface area contributed by atoms with Crippen molar-refractivity contribution in [3.63, 3.8) is 0 Å². The maximum atomic E-state index is 11.7. The Balaban J connectivity index is 1.95. The molecule has 0 unspecified atom stereocenters. The zero-order valence-electron chi connectivity index (χ0n) is 15.3. The van der Waals surface area contributed by atoms with Crippen LogP contribution in [0.1, 0.15) is 38.8 Å². The van der Waals surface area contributed by atoms with Gasteiger partial charge in [0.05, 0.1) is 0 Å². The van der Waals surface area contributed by atoms with E-state index in [1.165, 1.54) is 11.1 Å². The van der Waals surface area contributed by atoms with E-state index in [9.17, 15) is 9.59 Å². The fourth-order valence-electron chi connectivity index (χ4n) is 2.22. The summed E-state index contributed by atoms with van der Waals surface area (Å²) in [5.74, 6) is -0.0256. The molecule has 0 atom stereocenters. The molecule has 0 radical (unpaired) electrons. The summed E-state index contributed by atoms with van der Waals surface area (Å²) >= 11 is 0. The Labute approximate surface area is 149 Å². The maximum Gasteiger partial charge on any atom is 0.226 e. The molecule has 4 heteroatoms. The average molecular weight is 338 g/mol. The third kappa shape index (κ3) is 5.75. The van der Waals surface area contributed by atoms with Gasteiger partial charge in [-0.3, -0.25) is 9.59 Å². The number of rotatable bonds is 6. The molecule has 0 saturated carbocycles. The summed E-state index contributed by atoms with van der Waals surface area (Å²) < 4.78 is 0. The van der Waals surface area contributed by atoms with E-state index in [0.29, 0.717) is 0 Å². The molecule has 132 valence electrons. The van der Waals surface area contributed by atoms with Gasteiger partial charge in [-0.25, -0.2) is 0 Å². The highest BCUT2D eigenvalue weighted by Gasteiger charge is 2.08. The fourth-order valence-corrected chi connectivity index (χ4v) is 2.22. The van der Waals surface area contributed by atoms with Crippen LogP contribution in [0.5, 0.6) is 0 Å². The number of anilines is 2. The maximum absolute atomic E-state index is 11.7. The average Bonchev–Trinajstić information content (AvgIpc) is 2.58. The highest BCUT2D eigenvalue weighted by molar-refractivity contribution is 5.92. The Bertz CT molecular complexity index is 653. The standard InChI is InChI=1S/C21H26N2O2/c1-14(2)20(24)22-18-9-5-16(6-10-18)13-17-7-11-19(12-8-17)23-21(25)15(3)4/h5-12,14-15H,13H2,1-4H3,(H,22,24)(H,23,25). The number of hydrogen-bond donors (Lipinski definition) is 2. The third-order valence-electron chi connectivity index (χ3n) is 3.90. The van der Waals surface area contributed by atoms with Crippen molar-refractivity contribution in [3.8, 4) is 0 Å². The lowest BCUT2D eigenvalue weighted by molar-refractivity contribution is -0.119. The van der Waals surface area contributed by atoms with Crippen LogP contribution in [0.2, 0.25) is 0 Å². The minimum Gasteiger partial charge on any atom is -0.326 e. The van der Waals surface area contributed by atoms with Crippen molar-refractivity contribution in [2.75, 3.05) is 10.6 Å². The molecule has 2 aromatic rings. The van der Waals surface area contributed by atoms with Gasteiger partial charge < -0.3 is 10.6 Å². The van der Waals surface area contributed by atoms with Crippen molar-refractivity contribution in [1.29, 1.82) is 0 Å². The van der Waals surface area contributed by atoms with E-state index in [2.05, 4.69) is 10.6 Å². The van der Waals surface area contributed by atoms with E-state index < -0.39 is 0 Å². The Morgan fingerprint density at radius 3 is 1.28 bits per heavy atom. The first kappa shape index (κ1) is 18.7. The lowest BCUT2D eigenvalue weighted by Gasteiger charge is -2.10. The van der Waals surface area contributed by atoms with Crippen LogP contribution >= 0.6 is 0 Å². The second-order valence-electron chi connectivity index (χ2n) is 6.86. The van der Waals surface area contributed by atoms with E-state index in [1.807, 2.05) is 76.2 Å². The smallest absolute Gasteiger partial charge is 0.226 e. The summed E-state index contributed by atoms with van der Waals surface area (Å²) in [6, 6.07) is 15.8. The molecule has 4 nitrogen and oxygen atoms in total. The molecule has 25 heavy (non-hydrogen) atoms. The Morgan fingerprint density at radius 1 is 0.680 bits per heavy atom. The number of nitrogens with one attached hydrogen (secondary N) is 2. The molecule has 2 aromatic carbocycles. The second kappa shape index (κ2) is 8.47. The lowest BCUT2D eigenvalue weighted by atomic mass is 10.0. The molecule has 2 rings (SSSR count). The van der Waals surface area contributed by atoms with E-state index >= 15 is 0 Å². The zero-order valence-corrected chi connectivity index (χ0v) is 15.3. The normalized spacial score (nSPS) is 10.8. The summed E-state index contributed by atoms with van der Waals surface area (Å²) in [5, 5.41) is 5.78. The molecule has 0 aliphatic heterocycles. The van der Waals surface area contributed by atoms with Gasteiger partial charge in [-0.1, -0.05) is 52.0 Å². The van der Waals surface area contributed by atoms with Crippen LogP contribution in [0.4, 0.5) is 11.4 Å². The van der Waals surface area contributed by atoms with Gasteiger partial charge in [0.25, 0.3) is 0 Å². The molecule has 0 spiro atoms. The first-order chi connectivity index (χ1) is 11.8. The molecule has 2 N–H and O–H groups in total. The van der Waals surface area contributed by atoms with Gasteiger partial charge in [0.15, 0.2) is 0 Å². The molecular formula is C21H26N2O2. The van der Waals surface area contributed by atoms with Gasteiger partial charge in [-0.15, -0.1) is 0 Å². The Kier molecular flexibility index (Phi) is 6.34. The van der Waals surface area contributed by atoms with E-state index in [0.717, 1.165) is 17.8 Å². The van der Waals surface area contributed by atoms with Crippen molar-refractivity contribution in [2.24, 2.45) is 11.8 Å². The van der Waals surface area contributed by atoms with Crippen LogP contribution in [0, 0.1) is 11.8 Å². The number of amides is 2. The molecule has 0 bridgehead atoms. The molecule has 0 heterocycles. The highest BCUT2D eigenvalue weighted by Crippen LogP contribution is 2.17. The third-order valence-corrected chi connectivity index (χ3v) is 3.90. The molecular weight excluding hydrogens is 312 g/mol. The first-order valence-electron chi connectivity index (χ1n) is 8.64. The number of carbonyl (C=O) groups is 2. The Morgan fingerprint density at radius 2 is 1.00 bits per heavy atom. The van der Waals surface area contributed by atoms with Crippen molar-refractivity contribution in [3.05, 3.63) is 59.7 Å². The van der Waals surface area contributed by atoms with Crippen molar-refractivity contribution in [1.82, 2.24) is 0 Å². The van der Waals surface area contributed by atoms with Gasteiger partial charge in [-0.05, 0) is 41.8 Å². The molecule has 0 aliphatic rings. The summed E-state index contributed by atoms with van der Waals surface area (Å²) in [6.45, 7) is 7.49. The predicted molar refractivity (Wildman–Crippen MR) is 103 cm³/mol. The summed E-state index contributed by atoms with van der Waals surface area (Å²) in [7, 11) is 0. The topological polar surface area (TPSA) is 58.2 Å². The fraction of sp³-hybridized carbons (Fsp3) is 0.333. The number of benzene rings is 2. The highest BCUT2D eigenvalue weighted by atomic mass is 16.2. The molecule has 2 amide bonds. The zero-order chi connectivity index (χ0) is 18.4. The van der Waals surface area contributed by atoms with E-state index in [1.54, 1.807) is 0 Å². The summed E-state index contributed by atoms with van der Waals surface area (Å²) in [4.78, 5) is 23.4. The van der Waals surface area contributed by atoms with Crippen molar-refractivity contribution in [2.45, 2.75) is 34.1 Å². The van der Waals surface area contributed by atoms with Gasteiger partial charge in [-0.2, -0.15) is 0 Å². The first-order valence-corrected chi connectivity index (χ1v) is 8.64. The minimum absolute atomic E-state index is 0.0202. The number of carbonyl (C=O) groups excluding carboxylic acids is 2. The van der Waals surface area contributed by atoms with Crippen LogP contribution in [0.15, 0.2) is 48.5 Å². The van der Waals surface area contributed by atoms with Gasteiger partial charge >= 0.3 is 0 Å². The van der Waals surface area contributed by atoms with Gasteiger partial charge in [0, 0.05) is 23.2 Å². The van der Waals surface area contributed by atoms with Crippen LogP contribution in [-0.2, 0) is 16.0 Å². The largest absolute Gasteiger partial charge is 0.326 e. The van der Waals surface area contributed by atoms with Crippen LogP contribution in [-0.4, -0.2) is 11.8 Å². The van der Waals surface area contributed by atoms with Crippen molar-refractivity contribution >= 4 is 23.2 Å². The molecule has 0 fully saturated rings. The molecule has 0 aromatic heterocycles. The monoisotopic (exact) mass is 338 g/mol. The minimum atomic E-state index is -0.0330. The van der Waals surface area contributed by atoms with Crippen LogP contribution < -0.4 is 10.6 Å². The molecule has 0 saturated heterocycles. The Hall–Kier alpha value is -2.62. The van der Waals surface area contributed by atoms with E-state index in [-0.39, 0.29) is 23.7 Å². The second-order valence-corrected chi connectivity index (χ2v) is 6.86. The summed E-state index contributed by atoms with van der Waals surface area (Å²) in [5.41, 5.74) is 3.96. The lowest BCUT2D eigenvalue weighted by Crippen LogP contribution is -2.17. The number of hydrogen-bond acceptors (Lipinski definition) is 2. The SMILES string of the molecule is CC(C)C(=O)Nc1ccc(Cc2ccc(NC(=O)C(C)C)cc2)cc1. The van der Waals surface area contributed by atoms with Gasteiger partial charge in [0.2, 0.25) is 11.8 Å². The predicted octanol–water partition coefficient (Wildman–Crippen LogP) is 4.47. The van der Waals surface area contributed by atoms with Crippen LogP contribution in [0.3, 0.4) is 0 Å². The van der Waals surface area contributed by atoms with Crippen LogP contribution in [0.25, 0.3) is 0 Å². The quantitative estimate of drug-likeness (QED) is 0.816. The van der Waals surface area contributed by atoms with Gasteiger partial charge in [0.1, 0.15) is 0 Å². The summed E-state index contributed by atoms with van der Waals surface area (Å²) in [6.07, 6.45) is 0.802. The van der Waals surface area contributed by atoms with Crippen molar-refractivity contribution < 1.29 is 9.59 Å². The molecule has 0 aliphatic carbocycles. The van der Waals surface area contributed by atoms with E-state index in [4.69, 9.17) is 0 Å².